The van der Waals surface area contributed by atoms with E-state index in [1.54, 1.807) is 38.2 Å². The van der Waals surface area contributed by atoms with Crippen molar-refractivity contribution in [2.75, 3.05) is 12.8 Å². The Labute approximate surface area is 152 Å². The van der Waals surface area contributed by atoms with Crippen LogP contribution in [0.15, 0.2) is 46.3 Å². The maximum atomic E-state index is 14.2. The summed E-state index contributed by atoms with van der Waals surface area (Å²) in [5.41, 5.74) is 0.935. The van der Waals surface area contributed by atoms with Crippen molar-refractivity contribution in [1.82, 2.24) is 5.32 Å². The zero-order valence-corrected chi connectivity index (χ0v) is 15.0. The zero-order chi connectivity index (χ0) is 18.6. The summed E-state index contributed by atoms with van der Waals surface area (Å²) in [6.07, 6.45) is -4.30. The monoisotopic (exact) mass is 390 g/mol. The first-order valence-electron chi connectivity index (χ1n) is 7.22. The van der Waals surface area contributed by atoms with E-state index in [4.69, 9.17) is 11.6 Å². The number of rotatable bonds is 4. The van der Waals surface area contributed by atoms with Crippen molar-refractivity contribution in [1.29, 1.82) is 0 Å². The third kappa shape index (κ3) is 5.37. The quantitative estimate of drug-likeness (QED) is 0.311. The Kier molecular flexibility index (Phi) is 6.35. The Morgan fingerprint density at radius 3 is 2.52 bits per heavy atom. The van der Waals surface area contributed by atoms with Crippen LogP contribution >= 0.6 is 23.4 Å². The van der Waals surface area contributed by atoms with Crippen LogP contribution in [0, 0.1) is 12.7 Å². The predicted molar refractivity (Wildman–Crippen MR) is 94.6 cm³/mol. The molecule has 0 bridgehead atoms. The van der Waals surface area contributed by atoms with Crippen LogP contribution in [0.4, 0.5) is 23.2 Å². The minimum Gasteiger partial charge on any atom is -0.373 e. The summed E-state index contributed by atoms with van der Waals surface area (Å²) in [6, 6.07) is 9.37. The second-order valence-electron chi connectivity index (χ2n) is 5.16. The van der Waals surface area contributed by atoms with Gasteiger partial charge in [-0.05, 0) is 36.8 Å². The summed E-state index contributed by atoms with van der Waals surface area (Å²) >= 11 is 6.72. The number of aryl methyl sites for hydroxylation is 1. The third-order valence-electron chi connectivity index (χ3n) is 3.23. The molecule has 1 N–H and O–H groups in total. The number of nitrogens with zero attached hydrogens (tertiary/aromatic N) is 1. The number of aliphatic imine (C=N–C) groups is 1. The fraction of sp³-hybridized carbons (Fsp3) is 0.235. The number of hydrogen-bond acceptors (Lipinski definition) is 2. The molecule has 0 aliphatic carbocycles. The molecule has 0 aliphatic rings. The second-order valence-corrected chi connectivity index (χ2v) is 6.59. The van der Waals surface area contributed by atoms with Crippen LogP contribution in [0.5, 0.6) is 0 Å². The lowest BCUT2D eigenvalue weighted by atomic mass is 10.2. The topological polar surface area (TPSA) is 24.4 Å². The van der Waals surface area contributed by atoms with Gasteiger partial charge in [-0.25, -0.2) is 9.38 Å². The Balaban J connectivity index is 2.42. The van der Waals surface area contributed by atoms with Gasteiger partial charge in [0.05, 0.1) is 10.8 Å². The van der Waals surface area contributed by atoms with E-state index in [0.29, 0.717) is 38.6 Å². The molecule has 0 fully saturated rings. The summed E-state index contributed by atoms with van der Waals surface area (Å²) in [6.45, 7) is 1.56. The molecule has 134 valence electrons. The number of nitrogens with one attached hydrogen (secondary N) is 1. The Morgan fingerprint density at radius 1 is 1.24 bits per heavy atom. The molecule has 2 aromatic carbocycles. The first-order valence-corrected chi connectivity index (χ1v) is 8.58. The van der Waals surface area contributed by atoms with Gasteiger partial charge in [-0.1, -0.05) is 23.7 Å². The van der Waals surface area contributed by atoms with E-state index in [9.17, 15) is 17.6 Å². The highest BCUT2D eigenvalue weighted by molar-refractivity contribution is 7.99. The number of alkyl halides is 3. The van der Waals surface area contributed by atoms with Gasteiger partial charge in [0, 0.05) is 17.5 Å². The molecule has 0 saturated heterocycles. The molecule has 2 aromatic rings. The minimum absolute atomic E-state index is 0.0560. The Hall–Kier alpha value is -1.73. The second kappa shape index (κ2) is 8.10. The van der Waals surface area contributed by atoms with Crippen LogP contribution < -0.4 is 5.32 Å². The van der Waals surface area contributed by atoms with Gasteiger partial charge in [-0.15, -0.1) is 11.8 Å². The number of halogens is 5. The van der Waals surface area contributed by atoms with Gasteiger partial charge in [0.15, 0.2) is 0 Å². The van der Waals surface area contributed by atoms with E-state index in [-0.39, 0.29) is 5.69 Å². The fourth-order valence-corrected chi connectivity index (χ4v) is 3.09. The van der Waals surface area contributed by atoms with Gasteiger partial charge in [-0.3, -0.25) is 0 Å². The van der Waals surface area contributed by atoms with Gasteiger partial charge < -0.3 is 5.32 Å². The molecule has 8 heteroatoms. The molecule has 0 aromatic heterocycles. The lowest BCUT2D eigenvalue weighted by Gasteiger charge is -2.12. The molecule has 0 unspecified atom stereocenters. The van der Waals surface area contributed by atoms with Crippen molar-refractivity contribution >= 4 is 34.9 Å². The van der Waals surface area contributed by atoms with E-state index in [1.807, 2.05) is 0 Å². The van der Waals surface area contributed by atoms with Crippen molar-refractivity contribution in [3.8, 4) is 0 Å². The maximum Gasteiger partial charge on any atom is 0.398 e. The van der Waals surface area contributed by atoms with Crippen molar-refractivity contribution in [3.05, 3.63) is 58.4 Å². The van der Waals surface area contributed by atoms with Gasteiger partial charge in [0.2, 0.25) is 0 Å². The summed E-state index contributed by atoms with van der Waals surface area (Å²) in [5, 5.41) is 3.26. The number of thioether (sulfide) groups is 1. The van der Waals surface area contributed by atoms with E-state index in [0.717, 1.165) is 0 Å². The molecule has 0 amide bonds. The summed E-state index contributed by atoms with van der Waals surface area (Å²) < 4.78 is 51.5. The van der Waals surface area contributed by atoms with Crippen LogP contribution in [0.3, 0.4) is 0 Å². The van der Waals surface area contributed by atoms with Crippen molar-refractivity contribution in [2.45, 2.75) is 18.0 Å². The highest BCUT2D eigenvalue weighted by atomic mass is 35.5. The van der Waals surface area contributed by atoms with Crippen LogP contribution in [-0.2, 0) is 0 Å². The Morgan fingerprint density at radius 2 is 1.92 bits per heavy atom. The molecule has 2 rings (SSSR count). The van der Waals surface area contributed by atoms with E-state index in [1.165, 1.54) is 12.1 Å². The van der Waals surface area contributed by atoms with Crippen LogP contribution in [-0.4, -0.2) is 24.8 Å². The summed E-state index contributed by atoms with van der Waals surface area (Å²) in [7, 11) is 1.60. The first kappa shape index (κ1) is 19.6. The summed E-state index contributed by atoms with van der Waals surface area (Å²) in [4.78, 5) is 4.53. The minimum atomic E-state index is -4.30. The normalized spacial score (nSPS) is 12.4. The number of hydrogen-bond donors (Lipinski definition) is 1. The molecular formula is C17H15ClF4N2S. The van der Waals surface area contributed by atoms with Crippen molar-refractivity contribution < 1.29 is 17.6 Å². The average Bonchev–Trinajstić information content (AvgIpc) is 2.53. The van der Waals surface area contributed by atoms with Crippen molar-refractivity contribution in [2.24, 2.45) is 4.99 Å². The first-order chi connectivity index (χ1) is 11.7. The standard InChI is InChI=1S/C17H15ClF4N2S/c1-10-7-13(19)14(8-15(10)25-9-17(20,21)22)24-16(23-2)11-5-3-4-6-12(11)18/h3-8H,9H2,1-2H3,(H,23,24). The molecule has 0 heterocycles. The van der Waals surface area contributed by atoms with E-state index < -0.39 is 17.7 Å². The van der Waals surface area contributed by atoms with Crippen molar-refractivity contribution in [3.63, 3.8) is 0 Å². The van der Waals surface area contributed by atoms with Crippen LogP contribution in [0.1, 0.15) is 11.1 Å². The predicted octanol–water partition coefficient (Wildman–Crippen LogP) is 5.74. The summed E-state index contributed by atoms with van der Waals surface area (Å²) in [5.74, 6) is -1.35. The highest BCUT2D eigenvalue weighted by Crippen LogP contribution is 2.33. The molecule has 0 atom stereocenters. The largest absolute Gasteiger partial charge is 0.398 e. The van der Waals surface area contributed by atoms with Gasteiger partial charge in [0.1, 0.15) is 17.3 Å². The molecule has 0 aliphatic heterocycles. The SMILES string of the molecule is CN/C(=N\c1cc(SCC(F)(F)F)c(C)cc1F)c1ccccc1Cl. The molecule has 2 nitrogen and oxygen atoms in total. The van der Waals surface area contributed by atoms with Crippen LogP contribution in [0.25, 0.3) is 0 Å². The van der Waals surface area contributed by atoms with Gasteiger partial charge in [-0.2, -0.15) is 13.2 Å². The van der Waals surface area contributed by atoms with E-state index in [2.05, 4.69) is 10.3 Å². The molecule has 0 saturated carbocycles. The third-order valence-corrected chi connectivity index (χ3v) is 4.79. The van der Waals surface area contributed by atoms with Gasteiger partial charge >= 0.3 is 6.18 Å². The number of amidine groups is 1. The molecule has 25 heavy (non-hydrogen) atoms. The smallest absolute Gasteiger partial charge is 0.373 e. The highest BCUT2D eigenvalue weighted by Gasteiger charge is 2.27. The number of benzene rings is 2. The Bertz CT molecular complexity index is 791. The average molecular weight is 391 g/mol. The van der Waals surface area contributed by atoms with Crippen LogP contribution in [0.2, 0.25) is 5.02 Å². The molecule has 0 radical (unpaired) electrons. The fourth-order valence-electron chi connectivity index (χ4n) is 2.07. The zero-order valence-electron chi connectivity index (χ0n) is 13.4. The maximum absolute atomic E-state index is 14.2. The van der Waals surface area contributed by atoms with E-state index >= 15 is 0 Å². The molecular weight excluding hydrogens is 376 g/mol. The lowest BCUT2D eigenvalue weighted by molar-refractivity contribution is -0.105. The van der Waals surface area contributed by atoms with Gasteiger partial charge in [0.25, 0.3) is 0 Å². The lowest BCUT2D eigenvalue weighted by Crippen LogP contribution is -2.19. The molecule has 0 spiro atoms.